The van der Waals surface area contributed by atoms with E-state index in [9.17, 15) is 4.79 Å². The van der Waals surface area contributed by atoms with Gasteiger partial charge in [-0.1, -0.05) is 12.1 Å². The van der Waals surface area contributed by atoms with Crippen molar-refractivity contribution in [2.45, 2.75) is 20.0 Å². The van der Waals surface area contributed by atoms with E-state index >= 15 is 0 Å². The van der Waals surface area contributed by atoms with Crippen LogP contribution in [0.1, 0.15) is 18.9 Å². The summed E-state index contributed by atoms with van der Waals surface area (Å²) in [6.07, 6.45) is 1.48. The Morgan fingerprint density at radius 2 is 1.86 bits per heavy atom. The molecule has 0 saturated heterocycles. The summed E-state index contributed by atoms with van der Waals surface area (Å²) in [4.78, 5) is 12.2. The summed E-state index contributed by atoms with van der Waals surface area (Å²) in [7, 11) is 0. The van der Waals surface area contributed by atoms with Crippen LogP contribution >= 0.6 is 0 Å². The Balaban J connectivity index is 0.00000121. The molecule has 0 saturated carbocycles. The van der Waals surface area contributed by atoms with Crippen molar-refractivity contribution in [1.29, 1.82) is 5.41 Å². The molecule has 0 spiro atoms. The summed E-state index contributed by atoms with van der Waals surface area (Å²) < 4.78 is 8.71. The first-order valence-corrected chi connectivity index (χ1v) is 6.51. The molecule has 21 heavy (non-hydrogen) atoms. The maximum Gasteiger partial charge on any atom is 1.00 e. The molecule has 5 nitrogen and oxygen atoms in total. The lowest BCUT2D eigenvalue weighted by Crippen LogP contribution is -3.00. The highest BCUT2D eigenvalue weighted by atomic mass is 79.9. The maximum absolute atomic E-state index is 12.2. The Kier molecular flexibility index (Phi) is 4.47. The zero-order valence-electron chi connectivity index (χ0n) is 12.5. The number of aryl methyl sites for hydroxylation is 1. The molecule has 0 aliphatic heterocycles. The zero-order valence-corrected chi connectivity index (χ0v) is 13.1. The van der Waals surface area contributed by atoms with E-state index in [-0.39, 0.29) is 30.7 Å². The molecule has 6 heteroatoms. The Morgan fingerprint density at radius 3 is 2.43 bits per heavy atom. The van der Waals surface area contributed by atoms with E-state index in [0.29, 0.717) is 17.9 Å². The second-order valence-electron chi connectivity index (χ2n) is 4.54. The quantitative estimate of drug-likeness (QED) is 0.647. The van der Waals surface area contributed by atoms with Crippen molar-refractivity contribution in [2.75, 3.05) is 0 Å². The van der Waals surface area contributed by atoms with E-state index in [1.807, 2.05) is 35.8 Å². The topological polar surface area (TPSA) is 63.9 Å². The fourth-order valence-corrected chi connectivity index (χ4v) is 2.43. The predicted octanol–water partition coefficient (Wildman–Crippen LogP) is -0.465. The van der Waals surface area contributed by atoms with Gasteiger partial charge in [0.1, 0.15) is 0 Å². The number of hydrogen-bond acceptors (Lipinski definition) is 3. The third-order valence-electron chi connectivity index (χ3n) is 3.39. The van der Waals surface area contributed by atoms with Gasteiger partial charge in [0.25, 0.3) is 0 Å². The molecule has 1 aromatic carbocycles. The van der Waals surface area contributed by atoms with Crippen LogP contribution in [0.15, 0.2) is 47.1 Å². The van der Waals surface area contributed by atoms with Gasteiger partial charge in [0.05, 0.1) is 23.8 Å². The number of carbonyl (C=O) groups is 1. The third kappa shape index (κ3) is 2.58. The first-order chi connectivity index (χ1) is 9.72. The molecule has 0 aliphatic carbocycles. The number of nitrogens with zero attached hydrogens (tertiary/aromatic N) is 2. The van der Waals surface area contributed by atoms with Crippen LogP contribution in [-0.4, -0.2) is 14.9 Å². The molecule has 0 fully saturated rings. The van der Waals surface area contributed by atoms with Gasteiger partial charge in [0, 0.05) is 6.54 Å². The van der Waals surface area contributed by atoms with Crippen molar-refractivity contribution in [3.63, 3.8) is 0 Å². The summed E-state index contributed by atoms with van der Waals surface area (Å²) in [6.45, 7) is 2.80. The molecule has 2 heterocycles. The van der Waals surface area contributed by atoms with Crippen LogP contribution in [0.5, 0.6) is 0 Å². The molecule has 0 aliphatic rings. The number of Topliss-reactive ketones (excluding diaryl/α,β-unsaturated/α-hetero) is 1. The molecular weight excluding hydrogens is 334 g/mol. The number of rotatable bonds is 4. The van der Waals surface area contributed by atoms with E-state index in [0.717, 1.165) is 11.0 Å². The van der Waals surface area contributed by atoms with E-state index in [1.54, 1.807) is 16.7 Å². The van der Waals surface area contributed by atoms with Crippen molar-refractivity contribution in [1.82, 2.24) is 9.13 Å². The van der Waals surface area contributed by atoms with Crippen molar-refractivity contribution in [3.05, 3.63) is 54.0 Å². The monoisotopic (exact) mass is 349 g/mol. The number of benzene rings is 1. The molecule has 0 radical (unpaired) electrons. The zero-order chi connectivity index (χ0) is 14.1. The lowest BCUT2D eigenvalue weighted by molar-refractivity contribution is -0.0000123. The molecule has 2 aromatic heterocycles. The van der Waals surface area contributed by atoms with Crippen molar-refractivity contribution in [3.8, 4) is 0 Å². The number of fused-ring (bicyclic) bond motifs is 1. The predicted molar refractivity (Wildman–Crippen MR) is 75.6 cm³/mol. The van der Waals surface area contributed by atoms with Crippen molar-refractivity contribution in [2.24, 2.45) is 0 Å². The number of imidazole rings is 1. The average molecular weight is 350 g/mol. The summed E-state index contributed by atoms with van der Waals surface area (Å²) >= 11 is 0. The van der Waals surface area contributed by atoms with Crippen LogP contribution in [0.2, 0.25) is 0 Å². The Labute approximate surface area is 133 Å². The van der Waals surface area contributed by atoms with E-state index < -0.39 is 0 Å². The Hall–Kier alpha value is -2.08. The number of ketones is 1. The number of aromatic nitrogens is 2. The van der Waals surface area contributed by atoms with Gasteiger partial charge in [-0.3, -0.25) is 10.2 Å². The maximum atomic E-state index is 12.2. The van der Waals surface area contributed by atoms with Gasteiger partial charge < -0.3 is 30.5 Å². The smallest absolute Gasteiger partial charge is 1.00 e. The number of carbonyl (C=O) groups excluding carboxylic acids is 1. The molecule has 0 bridgehead atoms. The van der Waals surface area contributed by atoms with Gasteiger partial charge in [-0.15, -0.1) is 0 Å². The van der Waals surface area contributed by atoms with Crippen LogP contribution < -0.4 is 22.6 Å². The molecule has 110 valence electrons. The second kappa shape index (κ2) is 6.13. The van der Waals surface area contributed by atoms with Gasteiger partial charge >= 0.3 is 1.43 Å². The van der Waals surface area contributed by atoms with E-state index in [4.69, 9.17) is 9.83 Å². The van der Waals surface area contributed by atoms with E-state index in [1.165, 1.54) is 6.26 Å². The van der Waals surface area contributed by atoms with Crippen LogP contribution in [-0.2, 0) is 13.1 Å². The normalized spacial score (nSPS) is 10.5. The molecule has 0 atom stereocenters. The fourth-order valence-electron chi connectivity index (χ4n) is 2.43. The van der Waals surface area contributed by atoms with Gasteiger partial charge in [-0.05, 0) is 31.2 Å². The standard InChI is InChI=1S/C15H15N3O2.BrH/c1-2-17-11-6-3-4-7-12(11)18(15(17)16)10-13(19)14-8-5-9-20-14;/h3-9,16H,2,10H2,1H3;1H. The molecule has 0 unspecified atom stereocenters. The molecule has 3 rings (SSSR count). The average Bonchev–Trinajstić information content (AvgIpc) is 3.07. The minimum atomic E-state index is -0.132. The van der Waals surface area contributed by atoms with Gasteiger partial charge in [-0.25, -0.2) is 0 Å². The minimum absolute atomic E-state index is 0. The molecular formula is C15H16BrN3O2. The summed E-state index contributed by atoms with van der Waals surface area (Å²) in [6, 6.07) is 11.1. The minimum Gasteiger partial charge on any atom is -1.00 e. The first-order valence-electron chi connectivity index (χ1n) is 6.51. The van der Waals surface area contributed by atoms with Crippen LogP contribution in [0, 0.1) is 5.41 Å². The summed E-state index contributed by atoms with van der Waals surface area (Å²) in [5.41, 5.74) is 2.18. The van der Waals surface area contributed by atoms with E-state index in [2.05, 4.69) is 0 Å². The molecule has 3 aromatic rings. The lowest BCUT2D eigenvalue weighted by atomic mass is 10.3. The summed E-state index contributed by atoms with van der Waals surface area (Å²) in [5, 5.41) is 8.24. The first kappa shape index (κ1) is 15.3. The number of furan rings is 1. The number of hydrogen-bond donors (Lipinski definition) is 1. The van der Waals surface area contributed by atoms with Crippen LogP contribution in [0.4, 0.5) is 0 Å². The lowest BCUT2D eigenvalue weighted by Gasteiger charge is -2.01. The molecule has 0 amide bonds. The SMILES string of the molecule is CCn1c(=N)n(CC(=O)c2ccco2)c2ccccc21.[Br-].[H+]. The molecule has 1 N–H and O–H groups in total. The number of halogens is 1. The number of nitrogens with one attached hydrogen (secondary N) is 1. The highest BCUT2D eigenvalue weighted by molar-refractivity contribution is 5.94. The summed E-state index contributed by atoms with van der Waals surface area (Å²) in [5.74, 6) is 0.192. The van der Waals surface area contributed by atoms with Gasteiger partial charge in [0.15, 0.2) is 5.76 Å². The van der Waals surface area contributed by atoms with Crippen LogP contribution in [0.3, 0.4) is 0 Å². The third-order valence-corrected chi connectivity index (χ3v) is 3.39. The highest BCUT2D eigenvalue weighted by Gasteiger charge is 2.15. The van der Waals surface area contributed by atoms with Gasteiger partial charge in [-0.2, -0.15) is 0 Å². The van der Waals surface area contributed by atoms with Crippen molar-refractivity contribution >= 4 is 16.8 Å². The number of para-hydroxylation sites is 2. The largest absolute Gasteiger partial charge is 1.00 e. The Morgan fingerprint density at radius 1 is 1.19 bits per heavy atom. The Bertz CT molecular complexity index is 821. The highest BCUT2D eigenvalue weighted by Crippen LogP contribution is 2.13. The fraction of sp³-hybridized carbons (Fsp3) is 0.200. The van der Waals surface area contributed by atoms with Crippen LogP contribution in [0.25, 0.3) is 11.0 Å². The van der Waals surface area contributed by atoms with Gasteiger partial charge in [0.2, 0.25) is 11.4 Å². The van der Waals surface area contributed by atoms with Crippen molar-refractivity contribution < 1.29 is 27.6 Å². The second-order valence-corrected chi connectivity index (χ2v) is 4.54.